The molecule has 33 heavy (non-hydrogen) atoms. The van der Waals surface area contributed by atoms with Crippen LogP contribution in [0.5, 0.6) is 17.2 Å². The predicted octanol–water partition coefficient (Wildman–Crippen LogP) is 4.57. The quantitative estimate of drug-likeness (QED) is 0.372. The van der Waals surface area contributed by atoms with Gasteiger partial charge in [0.15, 0.2) is 0 Å². The van der Waals surface area contributed by atoms with Crippen molar-refractivity contribution in [1.82, 2.24) is 0 Å². The van der Waals surface area contributed by atoms with Gasteiger partial charge in [0.1, 0.15) is 17.2 Å². The number of aryl methyl sites for hydroxylation is 2. The standard InChI is InChI=1S/C14H15OP.C12H10O4S/c1-10-3-6-12(7-4-10)16-14-9-11(2)5-8-13(14)15;13-9-1-5-11(6-2-9)17(15,16)12-7-3-10(14)4-8-12/h3-9,15-16H,1-2H3;1-8,13-14H. The van der Waals surface area contributed by atoms with Gasteiger partial charge >= 0.3 is 0 Å². The van der Waals surface area contributed by atoms with Gasteiger partial charge in [0.05, 0.1) is 9.79 Å². The Hall–Kier alpha value is -3.34. The van der Waals surface area contributed by atoms with Crippen molar-refractivity contribution < 1.29 is 23.7 Å². The molecule has 0 aliphatic carbocycles. The number of phenols is 3. The maximum absolute atomic E-state index is 12.1. The van der Waals surface area contributed by atoms with Crippen LogP contribution in [0.3, 0.4) is 0 Å². The summed E-state index contributed by atoms with van der Waals surface area (Å²) in [6.07, 6.45) is 0. The van der Waals surface area contributed by atoms with Gasteiger partial charge in [-0.15, -0.1) is 0 Å². The summed E-state index contributed by atoms with van der Waals surface area (Å²) in [5.74, 6) is 0.411. The molecule has 0 saturated carbocycles. The van der Waals surface area contributed by atoms with Gasteiger partial charge in [-0.2, -0.15) is 0 Å². The fourth-order valence-corrected chi connectivity index (χ4v) is 5.35. The summed E-state index contributed by atoms with van der Waals surface area (Å²) < 4.78 is 24.2. The molecule has 0 spiro atoms. The lowest BCUT2D eigenvalue weighted by Gasteiger charge is -2.06. The van der Waals surface area contributed by atoms with Crippen molar-refractivity contribution in [1.29, 1.82) is 0 Å². The summed E-state index contributed by atoms with van der Waals surface area (Å²) >= 11 is 0. The molecule has 0 amide bonds. The summed E-state index contributed by atoms with van der Waals surface area (Å²) in [5.41, 5.74) is 2.45. The number of hydrogen-bond donors (Lipinski definition) is 3. The van der Waals surface area contributed by atoms with Crippen LogP contribution >= 0.6 is 8.58 Å². The van der Waals surface area contributed by atoms with Crippen LogP contribution in [0.4, 0.5) is 0 Å². The zero-order valence-electron chi connectivity index (χ0n) is 18.2. The Morgan fingerprint density at radius 2 is 1.06 bits per heavy atom. The highest BCUT2D eigenvalue weighted by Crippen LogP contribution is 2.24. The summed E-state index contributed by atoms with van der Waals surface area (Å²) in [7, 11) is -3.08. The normalized spacial score (nSPS) is 11.2. The number of rotatable bonds is 4. The highest BCUT2D eigenvalue weighted by Gasteiger charge is 2.17. The molecular weight excluding hydrogens is 455 g/mol. The summed E-state index contributed by atoms with van der Waals surface area (Å²) in [5, 5.41) is 30.2. The van der Waals surface area contributed by atoms with Gasteiger partial charge in [0.25, 0.3) is 0 Å². The second-order valence-corrected chi connectivity index (χ2v) is 10.8. The van der Waals surface area contributed by atoms with E-state index in [0.717, 1.165) is 5.30 Å². The number of benzene rings is 4. The molecule has 0 radical (unpaired) electrons. The molecule has 3 N–H and O–H groups in total. The van der Waals surface area contributed by atoms with E-state index in [1.165, 1.54) is 65.0 Å². The lowest BCUT2D eigenvalue weighted by Crippen LogP contribution is -2.04. The van der Waals surface area contributed by atoms with Crippen molar-refractivity contribution in [2.24, 2.45) is 0 Å². The first kappa shape index (κ1) is 24.3. The molecule has 7 heteroatoms. The molecule has 0 bridgehead atoms. The van der Waals surface area contributed by atoms with Crippen molar-refractivity contribution in [3.05, 3.63) is 102 Å². The Balaban J connectivity index is 0.000000186. The van der Waals surface area contributed by atoms with E-state index in [4.69, 9.17) is 10.2 Å². The van der Waals surface area contributed by atoms with Crippen molar-refractivity contribution in [3.63, 3.8) is 0 Å². The fourth-order valence-electron chi connectivity index (χ4n) is 2.93. The van der Waals surface area contributed by atoms with Crippen LogP contribution in [0.2, 0.25) is 0 Å². The Morgan fingerprint density at radius 1 is 0.606 bits per heavy atom. The van der Waals surface area contributed by atoms with Gasteiger partial charge in [-0.25, -0.2) is 8.42 Å². The molecule has 0 saturated heterocycles. The number of phenolic OH excluding ortho intramolecular Hbond substituents is 3. The Bertz CT molecular complexity index is 1260. The van der Waals surface area contributed by atoms with Crippen molar-refractivity contribution in [2.45, 2.75) is 23.6 Å². The molecule has 1 atom stereocenters. The SMILES string of the molecule is Cc1ccc(Pc2cc(C)ccc2O)cc1.O=S(=O)(c1ccc(O)cc1)c1ccc(O)cc1. The number of sulfone groups is 1. The lowest BCUT2D eigenvalue weighted by molar-refractivity contribution is 0.474. The molecule has 0 heterocycles. The third-order valence-corrected chi connectivity index (χ3v) is 7.85. The zero-order chi connectivity index (χ0) is 24.0. The molecule has 0 aromatic heterocycles. The molecular formula is C26H25O5PS. The van der Waals surface area contributed by atoms with Crippen molar-refractivity contribution in [2.75, 3.05) is 0 Å². The fraction of sp³-hybridized carbons (Fsp3) is 0.0769. The number of aromatic hydroxyl groups is 3. The van der Waals surface area contributed by atoms with E-state index < -0.39 is 9.84 Å². The summed E-state index contributed by atoms with van der Waals surface area (Å²) in [6.45, 7) is 4.12. The molecule has 1 unspecified atom stereocenters. The molecule has 4 rings (SSSR count). The van der Waals surface area contributed by atoms with Crippen LogP contribution in [0, 0.1) is 13.8 Å². The highest BCUT2D eigenvalue weighted by atomic mass is 32.2. The first-order chi connectivity index (χ1) is 15.6. The second-order valence-electron chi connectivity index (χ2n) is 7.50. The highest BCUT2D eigenvalue weighted by molar-refractivity contribution is 7.91. The Labute approximate surface area is 195 Å². The maximum Gasteiger partial charge on any atom is 0.206 e. The zero-order valence-corrected chi connectivity index (χ0v) is 20.0. The topological polar surface area (TPSA) is 94.8 Å². The summed E-state index contributed by atoms with van der Waals surface area (Å²) in [4.78, 5) is 0.196. The monoisotopic (exact) mass is 480 g/mol. The van der Waals surface area contributed by atoms with Crippen LogP contribution in [-0.4, -0.2) is 23.7 Å². The third-order valence-electron chi connectivity index (χ3n) is 4.78. The Kier molecular flexibility index (Phi) is 7.75. The Morgan fingerprint density at radius 3 is 1.55 bits per heavy atom. The van der Waals surface area contributed by atoms with E-state index in [2.05, 4.69) is 31.2 Å². The number of hydrogen-bond acceptors (Lipinski definition) is 5. The molecule has 0 aliphatic rings. The van der Waals surface area contributed by atoms with Gasteiger partial charge in [-0.3, -0.25) is 0 Å². The van der Waals surface area contributed by atoms with Crippen LogP contribution < -0.4 is 10.6 Å². The largest absolute Gasteiger partial charge is 0.508 e. The van der Waals surface area contributed by atoms with Gasteiger partial charge < -0.3 is 15.3 Å². The average Bonchev–Trinajstić information content (AvgIpc) is 2.79. The van der Waals surface area contributed by atoms with E-state index in [9.17, 15) is 13.5 Å². The predicted molar refractivity (Wildman–Crippen MR) is 133 cm³/mol. The molecule has 4 aromatic rings. The molecule has 0 aliphatic heterocycles. The van der Waals surface area contributed by atoms with Crippen LogP contribution in [0.25, 0.3) is 0 Å². The molecule has 5 nitrogen and oxygen atoms in total. The smallest absolute Gasteiger partial charge is 0.206 e. The maximum atomic E-state index is 12.1. The van der Waals surface area contributed by atoms with Crippen LogP contribution in [-0.2, 0) is 9.84 Å². The first-order valence-corrected chi connectivity index (χ1v) is 12.6. The van der Waals surface area contributed by atoms with Crippen LogP contribution in [0.15, 0.2) is 101 Å². The van der Waals surface area contributed by atoms with E-state index >= 15 is 0 Å². The van der Waals surface area contributed by atoms with E-state index in [0.29, 0.717) is 14.3 Å². The van der Waals surface area contributed by atoms with Gasteiger partial charge in [-0.05, 0) is 79.8 Å². The van der Waals surface area contributed by atoms with Crippen LogP contribution in [0.1, 0.15) is 11.1 Å². The minimum absolute atomic E-state index is 0.00894. The molecule has 4 aromatic carbocycles. The van der Waals surface area contributed by atoms with E-state index in [1.807, 2.05) is 19.1 Å². The first-order valence-electron chi connectivity index (χ1n) is 10.1. The van der Waals surface area contributed by atoms with Gasteiger partial charge in [-0.1, -0.05) is 50.0 Å². The average molecular weight is 481 g/mol. The minimum atomic E-state index is -3.59. The van der Waals surface area contributed by atoms with Crippen molar-refractivity contribution in [3.8, 4) is 17.2 Å². The van der Waals surface area contributed by atoms with Gasteiger partial charge in [0.2, 0.25) is 9.84 Å². The minimum Gasteiger partial charge on any atom is -0.508 e. The van der Waals surface area contributed by atoms with E-state index in [-0.39, 0.29) is 21.3 Å². The third kappa shape index (κ3) is 6.58. The second kappa shape index (κ2) is 10.5. The van der Waals surface area contributed by atoms with Gasteiger partial charge in [0, 0.05) is 5.30 Å². The van der Waals surface area contributed by atoms with Crippen molar-refractivity contribution >= 4 is 29.0 Å². The van der Waals surface area contributed by atoms with E-state index in [1.54, 1.807) is 6.07 Å². The molecule has 170 valence electrons. The lowest BCUT2D eigenvalue weighted by atomic mass is 10.2. The summed E-state index contributed by atoms with van der Waals surface area (Å²) in [6, 6.07) is 24.8. The molecule has 0 fully saturated rings.